The molecule has 0 unspecified atom stereocenters. The molecule has 0 fully saturated rings. The molecule has 0 atom stereocenters. The van der Waals surface area contributed by atoms with Gasteiger partial charge >= 0.3 is 0 Å². The van der Waals surface area contributed by atoms with E-state index in [1.807, 2.05) is 60.9 Å². The number of fused-ring (bicyclic) bond motifs is 2. The first-order chi connectivity index (χ1) is 18.5. The molecule has 0 spiro atoms. The van der Waals surface area contributed by atoms with E-state index >= 15 is 0 Å². The molecule has 0 saturated heterocycles. The van der Waals surface area contributed by atoms with Crippen molar-refractivity contribution in [1.82, 2.24) is 19.8 Å². The van der Waals surface area contributed by atoms with Gasteiger partial charge in [0.25, 0.3) is 0 Å². The molecular weight excluding hydrogens is 515 g/mol. The molecule has 0 radical (unpaired) electrons. The highest BCUT2D eigenvalue weighted by atomic mass is 35.5. The summed E-state index contributed by atoms with van der Waals surface area (Å²) in [6.07, 6.45) is 8.29. The number of aromatic nitrogens is 2. The number of nitrogens with one attached hydrogen (secondary N) is 2. The van der Waals surface area contributed by atoms with E-state index in [2.05, 4.69) is 44.5 Å². The number of rotatable bonds is 15. The molecule has 0 aliphatic rings. The summed E-state index contributed by atoms with van der Waals surface area (Å²) in [5, 5.41) is 10.8. The summed E-state index contributed by atoms with van der Waals surface area (Å²) in [5.41, 5.74) is 4.08. The van der Waals surface area contributed by atoms with Crippen LogP contribution in [0.4, 0.5) is 11.4 Å². The van der Waals surface area contributed by atoms with Crippen LogP contribution >= 0.6 is 23.2 Å². The summed E-state index contributed by atoms with van der Waals surface area (Å²) in [6.45, 7) is 6.30. The number of pyridine rings is 2. The summed E-state index contributed by atoms with van der Waals surface area (Å²) in [7, 11) is 4.44. The van der Waals surface area contributed by atoms with Gasteiger partial charge in [-0.05, 0) is 114 Å². The average Bonchev–Trinajstić information content (AvgIpc) is 2.91. The molecule has 0 bridgehead atoms. The molecule has 202 valence electrons. The second kappa shape index (κ2) is 14.5. The van der Waals surface area contributed by atoms with Gasteiger partial charge in [-0.25, -0.2) is 0 Å². The summed E-state index contributed by atoms with van der Waals surface area (Å²) in [4.78, 5) is 13.7. The maximum absolute atomic E-state index is 6.10. The Morgan fingerprint density at radius 3 is 1.47 bits per heavy atom. The summed E-state index contributed by atoms with van der Waals surface area (Å²) in [5.74, 6) is 0. The normalized spacial score (nSPS) is 11.6. The molecule has 4 rings (SSSR count). The van der Waals surface area contributed by atoms with E-state index in [0.29, 0.717) is 10.0 Å². The molecule has 0 saturated carbocycles. The van der Waals surface area contributed by atoms with Gasteiger partial charge in [-0.15, -0.1) is 0 Å². The fraction of sp³-hybridized carbons (Fsp3) is 0.400. The molecule has 38 heavy (non-hydrogen) atoms. The van der Waals surface area contributed by atoms with Crippen LogP contribution in [0, 0.1) is 0 Å². The molecule has 2 aromatic heterocycles. The second-order valence-electron chi connectivity index (χ2n) is 9.91. The van der Waals surface area contributed by atoms with E-state index in [1.54, 1.807) is 0 Å². The summed E-state index contributed by atoms with van der Waals surface area (Å²) >= 11 is 12.2. The Balaban J connectivity index is 1.05. The van der Waals surface area contributed by atoms with E-state index in [4.69, 9.17) is 23.2 Å². The zero-order valence-electron chi connectivity index (χ0n) is 22.4. The van der Waals surface area contributed by atoms with Gasteiger partial charge in [-0.2, -0.15) is 0 Å². The van der Waals surface area contributed by atoms with Crippen LogP contribution in [0.3, 0.4) is 0 Å². The highest BCUT2D eigenvalue weighted by Crippen LogP contribution is 2.25. The Morgan fingerprint density at radius 1 is 0.605 bits per heavy atom. The van der Waals surface area contributed by atoms with Gasteiger partial charge in [0.15, 0.2) is 0 Å². The van der Waals surface area contributed by atoms with Crippen LogP contribution in [0.2, 0.25) is 10.0 Å². The topological polar surface area (TPSA) is 56.3 Å². The minimum atomic E-state index is 0.716. The Hall–Kier alpha value is -2.64. The average molecular weight is 554 g/mol. The van der Waals surface area contributed by atoms with Crippen LogP contribution < -0.4 is 10.6 Å². The highest BCUT2D eigenvalue weighted by Gasteiger charge is 2.05. The number of unbranched alkanes of at least 4 members (excludes halogenated alkanes) is 1. The van der Waals surface area contributed by atoms with Crippen molar-refractivity contribution in [2.75, 3.05) is 64.0 Å². The lowest BCUT2D eigenvalue weighted by Gasteiger charge is -2.19. The molecule has 2 N–H and O–H groups in total. The van der Waals surface area contributed by atoms with Crippen LogP contribution in [-0.4, -0.2) is 73.1 Å². The Kier molecular flexibility index (Phi) is 10.8. The lowest BCUT2D eigenvalue weighted by Crippen LogP contribution is -2.25. The molecule has 2 aromatic carbocycles. The van der Waals surface area contributed by atoms with E-state index < -0.39 is 0 Å². The third-order valence-electron chi connectivity index (χ3n) is 6.80. The van der Waals surface area contributed by atoms with Crippen molar-refractivity contribution in [2.45, 2.75) is 25.7 Å². The predicted octanol–water partition coefficient (Wildman–Crippen LogP) is 7.04. The Bertz CT molecular complexity index is 1210. The Labute approximate surface area is 236 Å². The van der Waals surface area contributed by atoms with E-state index in [0.717, 1.165) is 85.3 Å². The van der Waals surface area contributed by atoms with E-state index in [-0.39, 0.29) is 0 Å². The smallest absolute Gasteiger partial charge is 0.0737 e. The van der Waals surface area contributed by atoms with Crippen LogP contribution in [-0.2, 0) is 0 Å². The SMILES string of the molecule is CN(CCCCN(C)CCCNc1ccnc2cc(Cl)ccc12)CCCNc1ccnc2cc(Cl)ccc12. The van der Waals surface area contributed by atoms with Gasteiger partial charge in [0.2, 0.25) is 0 Å². The minimum Gasteiger partial charge on any atom is -0.384 e. The van der Waals surface area contributed by atoms with E-state index in [9.17, 15) is 0 Å². The second-order valence-corrected chi connectivity index (χ2v) is 10.8. The van der Waals surface area contributed by atoms with Gasteiger partial charge in [0, 0.05) is 57.7 Å². The quantitative estimate of drug-likeness (QED) is 0.154. The minimum absolute atomic E-state index is 0.716. The zero-order valence-corrected chi connectivity index (χ0v) is 23.9. The van der Waals surface area contributed by atoms with Crippen molar-refractivity contribution >= 4 is 56.4 Å². The summed E-state index contributed by atoms with van der Waals surface area (Å²) in [6, 6.07) is 15.8. The molecule has 8 heteroatoms. The predicted molar refractivity (Wildman–Crippen MR) is 164 cm³/mol. The maximum atomic E-state index is 6.10. The fourth-order valence-electron chi connectivity index (χ4n) is 4.68. The molecule has 0 amide bonds. The molecule has 4 aromatic rings. The van der Waals surface area contributed by atoms with Crippen LogP contribution in [0.15, 0.2) is 60.9 Å². The number of hydrogen-bond acceptors (Lipinski definition) is 6. The first-order valence-electron chi connectivity index (χ1n) is 13.4. The van der Waals surface area contributed by atoms with Gasteiger partial charge in [0.05, 0.1) is 11.0 Å². The maximum Gasteiger partial charge on any atom is 0.0737 e. The van der Waals surface area contributed by atoms with Gasteiger partial charge < -0.3 is 20.4 Å². The first-order valence-corrected chi connectivity index (χ1v) is 14.2. The third kappa shape index (κ3) is 8.43. The Morgan fingerprint density at radius 2 is 1.03 bits per heavy atom. The molecule has 0 aliphatic carbocycles. The van der Waals surface area contributed by atoms with Gasteiger partial charge in [-0.1, -0.05) is 23.2 Å². The summed E-state index contributed by atoms with van der Waals surface area (Å²) < 4.78 is 0. The fourth-order valence-corrected chi connectivity index (χ4v) is 5.01. The van der Waals surface area contributed by atoms with Crippen molar-refractivity contribution in [3.63, 3.8) is 0 Å². The van der Waals surface area contributed by atoms with Crippen molar-refractivity contribution in [3.05, 3.63) is 71.0 Å². The van der Waals surface area contributed by atoms with Crippen LogP contribution in [0.1, 0.15) is 25.7 Å². The number of benzene rings is 2. The standard InChI is InChI=1S/C30H38Cl2N6/c1-37(19-5-13-33-27-11-15-35-29-21-23(31)7-9-25(27)29)17-3-4-18-38(2)20-6-14-34-28-12-16-36-30-22-24(32)8-10-26(28)30/h7-12,15-16,21-22H,3-6,13-14,17-20H2,1-2H3,(H,33,35)(H,34,36). The van der Waals surface area contributed by atoms with Crippen molar-refractivity contribution < 1.29 is 0 Å². The lowest BCUT2D eigenvalue weighted by molar-refractivity contribution is 0.292. The highest BCUT2D eigenvalue weighted by molar-refractivity contribution is 6.31. The number of anilines is 2. The lowest BCUT2D eigenvalue weighted by atomic mass is 10.2. The first kappa shape index (κ1) is 28.4. The molecule has 0 aliphatic heterocycles. The zero-order chi connectivity index (χ0) is 26.7. The van der Waals surface area contributed by atoms with Gasteiger partial charge in [-0.3, -0.25) is 9.97 Å². The number of hydrogen-bond donors (Lipinski definition) is 2. The third-order valence-corrected chi connectivity index (χ3v) is 7.27. The number of nitrogens with zero attached hydrogens (tertiary/aromatic N) is 4. The van der Waals surface area contributed by atoms with Crippen molar-refractivity contribution in [2.24, 2.45) is 0 Å². The van der Waals surface area contributed by atoms with Crippen molar-refractivity contribution in [1.29, 1.82) is 0 Å². The van der Waals surface area contributed by atoms with E-state index in [1.165, 1.54) is 12.8 Å². The molecule has 6 nitrogen and oxygen atoms in total. The monoisotopic (exact) mass is 552 g/mol. The van der Waals surface area contributed by atoms with Gasteiger partial charge in [0.1, 0.15) is 0 Å². The van der Waals surface area contributed by atoms with Crippen LogP contribution in [0.25, 0.3) is 21.8 Å². The van der Waals surface area contributed by atoms with Crippen LogP contribution in [0.5, 0.6) is 0 Å². The molecular formula is C30H38Cl2N6. The van der Waals surface area contributed by atoms with Crippen molar-refractivity contribution in [3.8, 4) is 0 Å². The largest absolute Gasteiger partial charge is 0.384 e. The molecule has 2 heterocycles. The number of halogens is 2.